The summed E-state index contributed by atoms with van der Waals surface area (Å²) in [7, 11) is 1.78. The molecule has 2 heterocycles. The lowest BCUT2D eigenvalue weighted by Gasteiger charge is -2.11. The highest BCUT2D eigenvalue weighted by molar-refractivity contribution is 5.79. The Morgan fingerprint density at radius 3 is 2.65 bits per heavy atom. The Bertz CT molecular complexity index is 725. The Morgan fingerprint density at radius 1 is 1.09 bits per heavy atom. The summed E-state index contributed by atoms with van der Waals surface area (Å²) in [5.41, 5.74) is 0.941. The van der Waals surface area contributed by atoms with Crippen molar-refractivity contribution < 1.29 is 4.42 Å². The van der Waals surface area contributed by atoms with Gasteiger partial charge in [-0.2, -0.15) is 0 Å². The van der Waals surface area contributed by atoms with E-state index in [1.54, 1.807) is 7.05 Å². The molecule has 0 spiro atoms. The lowest BCUT2D eigenvalue weighted by molar-refractivity contribution is 0.544. The molecular weight excluding hydrogens is 288 g/mol. The zero-order chi connectivity index (χ0) is 15.9. The predicted molar refractivity (Wildman–Crippen MR) is 93.7 cm³/mol. The average molecular weight is 310 g/mol. The quantitative estimate of drug-likeness (QED) is 0.543. The Hall–Kier alpha value is -2.69. The molecule has 0 aliphatic rings. The maximum absolute atomic E-state index is 5.81. The largest absolute Gasteiger partial charge is 0.461 e. The minimum absolute atomic E-state index is 0.781. The van der Waals surface area contributed by atoms with Gasteiger partial charge in [-0.3, -0.25) is 4.99 Å². The van der Waals surface area contributed by atoms with Gasteiger partial charge in [-0.05, 0) is 24.3 Å². The van der Waals surface area contributed by atoms with E-state index in [9.17, 15) is 0 Å². The van der Waals surface area contributed by atoms with E-state index in [-0.39, 0.29) is 0 Å². The van der Waals surface area contributed by atoms with E-state index in [4.69, 9.17) is 4.42 Å². The van der Waals surface area contributed by atoms with Gasteiger partial charge in [-0.25, -0.2) is 0 Å². The molecule has 0 bridgehead atoms. The van der Waals surface area contributed by atoms with Gasteiger partial charge in [0, 0.05) is 50.9 Å². The highest BCUT2D eigenvalue weighted by Gasteiger charge is 2.03. The zero-order valence-corrected chi connectivity index (χ0v) is 13.3. The highest BCUT2D eigenvalue weighted by atomic mass is 16.3. The van der Waals surface area contributed by atoms with Gasteiger partial charge in [0.2, 0.25) is 0 Å². The molecular formula is C18H22N4O. The molecule has 5 heteroatoms. The first-order chi connectivity index (χ1) is 11.3. The molecule has 2 aromatic heterocycles. The molecule has 5 nitrogen and oxygen atoms in total. The van der Waals surface area contributed by atoms with Crippen molar-refractivity contribution in [2.75, 3.05) is 20.1 Å². The van der Waals surface area contributed by atoms with Crippen molar-refractivity contribution in [3.8, 4) is 0 Å². The minimum atomic E-state index is 0.781. The van der Waals surface area contributed by atoms with Crippen LogP contribution in [0.15, 0.2) is 64.3 Å². The molecule has 23 heavy (non-hydrogen) atoms. The topological polar surface area (TPSA) is 54.5 Å². The summed E-state index contributed by atoms with van der Waals surface area (Å²) < 4.78 is 7.94. The van der Waals surface area contributed by atoms with Crippen molar-refractivity contribution in [2.24, 2.45) is 4.99 Å². The lowest BCUT2D eigenvalue weighted by Crippen LogP contribution is -2.39. The van der Waals surface area contributed by atoms with Gasteiger partial charge < -0.3 is 19.6 Å². The number of guanidine groups is 1. The number of para-hydroxylation sites is 1. The predicted octanol–water partition coefficient (Wildman–Crippen LogP) is 2.64. The highest BCUT2D eigenvalue weighted by Crippen LogP contribution is 2.18. The number of aromatic nitrogens is 1. The molecule has 0 amide bonds. The van der Waals surface area contributed by atoms with Crippen LogP contribution in [0.2, 0.25) is 0 Å². The molecule has 120 valence electrons. The maximum atomic E-state index is 5.81. The van der Waals surface area contributed by atoms with Crippen LogP contribution >= 0.6 is 0 Å². The standard InChI is InChI=1S/C18H22N4O/c1-19-18(21-10-13-22-11-4-5-12-22)20-9-8-16-14-15-6-2-3-7-17(15)23-16/h2-7,11-12,14H,8-10,13H2,1H3,(H2,19,20,21). The van der Waals surface area contributed by atoms with Gasteiger partial charge >= 0.3 is 0 Å². The summed E-state index contributed by atoms with van der Waals surface area (Å²) in [5.74, 6) is 1.80. The van der Waals surface area contributed by atoms with Crippen LogP contribution < -0.4 is 10.6 Å². The van der Waals surface area contributed by atoms with Crippen molar-refractivity contribution in [1.82, 2.24) is 15.2 Å². The first-order valence-electron chi connectivity index (χ1n) is 7.88. The molecule has 2 N–H and O–H groups in total. The second kappa shape index (κ2) is 7.54. The third-order valence-corrected chi connectivity index (χ3v) is 3.69. The second-order valence-electron chi connectivity index (χ2n) is 5.35. The molecule has 0 saturated carbocycles. The zero-order valence-electron chi connectivity index (χ0n) is 13.3. The second-order valence-corrected chi connectivity index (χ2v) is 5.35. The van der Waals surface area contributed by atoms with Crippen LogP contribution in [0, 0.1) is 0 Å². The number of aliphatic imine (C=N–C) groups is 1. The van der Waals surface area contributed by atoms with Gasteiger partial charge in [0.15, 0.2) is 5.96 Å². The fraction of sp³-hybridized carbons (Fsp3) is 0.278. The number of nitrogens with one attached hydrogen (secondary N) is 2. The number of fused-ring (bicyclic) bond motifs is 1. The molecule has 0 aliphatic heterocycles. The number of nitrogens with zero attached hydrogens (tertiary/aromatic N) is 2. The lowest BCUT2D eigenvalue weighted by atomic mass is 10.2. The Balaban J connectivity index is 1.42. The number of furan rings is 1. The van der Waals surface area contributed by atoms with Crippen LogP contribution in [0.5, 0.6) is 0 Å². The number of hydrogen-bond donors (Lipinski definition) is 2. The van der Waals surface area contributed by atoms with Gasteiger partial charge in [0.25, 0.3) is 0 Å². The monoisotopic (exact) mass is 310 g/mol. The molecule has 0 fully saturated rings. The number of benzene rings is 1. The molecule has 0 saturated heterocycles. The minimum Gasteiger partial charge on any atom is -0.461 e. The summed E-state index contributed by atoms with van der Waals surface area (Å²) in [6.07, 6.45) is 4.94. The van der Waals surface area contributed by atoms with E-state index < -0.39 is 0 Å². The number of rotatable bonds is 6. The van der Waals surface area contributed by atoms with Crippen LogP contribution in [0.25, 0.3) is 11.0 Å². The maximum Gasteiger partial charge on any atom is 0.191 e. The van der Waals surface area contributed by atoms with E-state index in [2.05, 4.69) is 44.7 Å². The van der Waals surface area contributed by atoms with Crippen LogP contribution in [0.4, 0.5) is 0 Å². The van der Waals surface area contributed by atoms with Crippen molar-refractivity contribution in [2.45, 2.75) is 13.0 Å². The smallest absolute Gasteiger partial charge is 0.191 e. The fourth-order valence-electron chi connectivity index (χ4n) is 2.51. The summed E-state index contributed by atoms with van der Waals surface area (Å²) in [5, 5.41) is 7.77. The van der Waals surface area contributed by atoms with E-state index >= 15 is 0 Å². The average Bonchev–Trinajstić information content (AvgIpc) is 3.22. The molecule has 0 atom stereocenters. The van der Waals surface area contributed by atoms with Crippen molar-refractivity contribution in [3.05, 3.63) is 60.6 Å². The van der Waals surface area contributed by atoms with Crippen molar-refractivity contribution >= 4 is 16.9 Å². The van der Waals surface area contributed by atoms with Crippen LogP contribution in [0.3, 0.4) is 0 Å². The van der Waals surface area contributed by atoms with E-state index in [1.165, 1.54) is 0 Å². The van der Waals surface area contributed by atoms with Crippen LogP contribution in [-0.4, -0.2) is 30.7 Å². The van der Waals surface area contributed by atoms with Crippen LogP contribution in [0.1, 0.15) is 5.76 Å². The summed E-state index contributed by atoms with van der Waals surface area (Å²) in [4.78, 5) is 4.24. The van der Waals surface area contributed by atoms with Gasteiger partial charge in [0.1, 0.15) is 11.3 Å². The van der Waals surface area contributed by atoms with E-state index in [0.717, 1.165) is 48.7 Å². The third kappa shape index (κ3) is 4.16. The van der Waals surface area contributed by atoms with E-state index in [1.807, 2.05) is 30.3 Å². The van der Waals surface area contributed by atoms with Gasteiger partial charge in [0.05, 0.1) is 0 Å². The van der Waals surface area contributed by atoms with E-state index in [0.29, 0.717) is 0 Å². The van der Waals surface area contributed by atoms with Gasteiger partial charge in [-0.15, -0.1) is 0 Å². The number of hydrogen-bond acceptors (Lipinski definition) is 2. The summed E-state index contributed by atoms with van der Waals surface area (Å²) in [6, 6.07) is 14.2. The molecule has 3 rings (SSSR count). The van der Waals surface area contributed by atoms with Crippen molar-refractivity contribution in [3.63, 3.8) is 0 Å². The molecule has 3 aromatic rings. The Morgan fingerprint density at radius 2 is 1.87 bits per heavy atom. The van der Waals surface area contributed by atoms with Crippen molar-refractivity contribution in [1.29, 1.82) is 0 Å². The summed E-state index contributed by atoms with van der Waals surface area (Å²) >= 11 is 0. The SMILES string of the molecule is CN=C(NCCc1cc2ccccc2o1)NCCn1cccc1. The molecule has 0 unspecified atom stereocenters. The molecule has 1 aromatic carbocycles. The fourth-order valence-corrected chi connectivity index (χ4v) is 2.51. The normalized spacial score (nSPS) is 11.8. The summed E-state index contributed by atoms with van der Waals surface area (Å²) in [6.45, 7) is 2.53. The third-order valence-electron chi connectivity index (χ3n) is 3.69. The Kier molecular flexibility index (Phi) is 4.99. The molecule has 0 radical (unpaired) electrons. The van der Waals surface area contributed by atoms with Crippen LogP contribution in [-0.2, 0) is 13.0 Å². The first-order valence-corrected chi connectivity index (χ1v) is 7.88. The van der Waals surface area contributed by atoms with Gasteiger partial charge in [-0.1, -0.05) is 18.2 Å². The Labute approximate surface area is 136 Å². The molecule has 0 aliphatic carbocycles. The first kappa shape index (κ1) is 15.2.